The fraction of sp³-hybridized carbons (Fsp3) is 0.333. The third kappa shape index (κ3) is 2.23. The SMILES string of the molecule is CC(C)(C)OC(=O)C12C=CC(=O)C=C1c1ccccc1C2. The molecule has 0 amide bonds. The predicted molar refractivity (Wildman–Crippen MR) is 80.5 cm³/mol. The molecule has 3 nitrogen and oxygen atoms in total. The van der Waals surface area contributed by atoms with Crippen LogP contribution in [-0.4, -0.2) is 17.4 Å². The van der Waals surface area contributed by atoms with Crippen LogP contribution < -0.4 is 0 Å². The first kappa shape index (κ1) is 13.8. The van der Waals surface area contributed by atoms with E-state index in [1.165, 1.54) is 6.08 Å². The molecule has 0 bridgehead atoms. The van der Waals surface area contributed by atoms with Crippen LogP contribution in [0.3, 0.4) is 0 Å². The monoisotopic (exact) mass is 282 g/mol. The van der Waals surface area contributed by atoms with Gasteiger partial charge in [0.2, 0.25) is 0 Å². The van der Waals surface area contributed by atoms with Crippen molar-refractivity contribution in [2.45, 2.75) is 32.8 Å². The number of fused-ring (bicyclic) bond motifs is 3. The molecule has 0 radical (unpaired) electrons. The Bertz CT molecular complexity index is 689. The lowest BCUT2D eigenvalue weighted by molar-refractivity contribution is -0.161. The van der Waals surface area contributed by atoms with Gasteiger partial charge in [-0.2, -0.15) is 0 Å². The second-order valence-corrected chi connectivity index (χ2v) is 6.60. The fourth-order valence-electron chi connectivity index (χ4n) is 2.96. The zero-order chi connectivity index (χ0) is 15.3. The summed E-state index contributed by atoms with van der Waals surface area (Å²) in [6.07, 6.45) is 5.29. The van der Waals surface area contributed by atoms with Crippen molar-refractivity contribution < 1.29 is 14.3 Å². The molecule has 0 aliphatic heterocycles. The Morgan fingerprint density at radius 2 is 1.95 bits per heavy atom. The van der Waals surface area contributed by atoms with E-state index in [1.54, 1.807) is 12.2 Å². The number of benzene rings is 1. The van der Waals surface area contributed by atoms with Crippen molar-refractivity contribution in [2.24, 2.45) is 5.41 Å². The topological polar surface area (TPSA) is 43.4 Å². The van der Waals surface area contributed by atoms with Crippen LogP contribution in [0, 0.1) is 5.41 Å². The molecule has 2 aliphatic rings. The van der Waals surface area contributed by atoms with E-state index >= 15 is 0 Å². The Morgan fingerprint density at radius 3 is 2.67 bits per heavy atom. The standard InChI is InChI=1S/C18H18O3/c1-17(2,3)21-16(20)18-9-8-13(19)10-15(18)14-7-5-4-6-12(14)11-18/h4-10H,11H2,1-3H3. The zero-order valence-electron chi connectivity index (χ0n) is 12.5. The molecule has 21 heavy (non-hydrogen) atoms. The van der Waals surface area contributed by atoms with E-state index in [2.05, 4.69) is 0 Å². The number of hydrogen-bond donors (Lipinski definition) is 0. The lowest BCUT2D eigenvalue weighted by atomic mass is 9.77. The first-order valence-corrected chi connectivity index (χ1v) is 7.09. The van der Waals surface area contributed by atoms with Crippen LogP contribution in [-0.2, 0) is 20.7 Å². The Kier molecular flexibility index (Phi) is 2.90. The zero-order valence-corrected chi connectivity index (χ0v) is 12.5. The number of rotatable bonds is 1. The second-order valence-electron chi connectivity index (χ2n) is 6.60. The molecule has 1 aromatic rings. The number of carbonyl (C=O) groups excluding carboxylic acids is 2. The molecule has 2 aliphatic carbocycles. The van der Waals surface area contributed by atoms with E-state index < -0.39 is 11.0 Å². The maximum Gasteiger partial charge on any atom is 0.321 e. The van der Waals surface area contributed by atoms with Crippen LogP contribution in [0.2, 0.25) is 0 Å². The molecule has 0 saturated heterocycles. The van der Waals surface area contributed by atoms with E-state index in [9.17, 15) is 9.59 Å². The van der Waals surface area contributed by atoms with Crippen LogP contribution in [0.15, 0.2) is 42.5 Å². The van der Waals surface area contributed by atoms with Gasteiger partial charge in [0.05, 0.1) is 0 Å². The van der Waals surface area contributed by atoms with Crippen LogP contribution in [0.5, 0.6) is 0 Å². The molecule has 0 fully saturated rings. The van der Waals surface area contributed by atoms with E-state index in [4.69, 9.17) is 4.74 Å². The van der Waals surface area contributed by atoms with Gasteiger partial charge in [0.15, 0.2) is 5.78 Å². The third-order valence-electron chi connectivity index (χ3n) is 3.84. The molecule has 3 heteroatoms. The van der Waals surface area contributed by atoms with Crippen molar-refractivity contribution >= 4 is 17.3 Å². The largest absolute Gasteiger partial charge is 0.459 e. The van der Waals surface area contributed by atoms with Crippen molar-refractivity contribution in [1.29, 1.82) is 0 Å². The minimum Gasteiger partial charge on any atom is -0.459 e. The maximum absolute atomic E-state index is 12.8. The number of allylic oxidation sites excluding steroid dienone is 2. The molecular formula is C18H18O3. The van der Waals surface area contributed by atoms with Gasteiger partial charge in [-0.25, -0.2) is 0 Å². The summed E-state index contributed by atoms with van der Waals surface area (Å²) >= 11 is 0. The maximum atomic E-state index is 12.8. The van der Waals surface area contributed by atoms with Crippen molar-refractivity contribution in [3.05, 3.63) is 53.6 Å². The second kappa shape index (κ2) is 4.42. The summed E-state index contributed by atoms with van der Waals surface area (Å²) in [6.45, 7) is 5.56. The number of esters is 1. The number of hydrogen-bond acceptors (Lipinski definition) is 3. The van der Waals surface area contributed by atoms with Gasteiger partial charge in [-0.05, 0) is 56.0 Å². The first-order valence-electron chi connectivity index (χ1n) is 7.09. The molecule has 108 valence electrons. The normalized spacial score (nSPS) is 23.4. The van der Waals surface area contributed by atoms with E-state index in [1.807, 2.05) is 45.0 Å². The Morgan fingerprint density at radius 1 is 1.24 bits per heavy atom. The molecule has 0 aromatic heterocycles. The van der Waals surface area contributed by atoms with Crippen molar-refractivity contribution in [1.82, 2.24) is 0 Å². The first-order chi connectivity index (χ1) is 9.82. The average Bonchev–Trinajstić information content (AvgIpc) is 2.72. The van der Waals surface area contributed by atoms with E-state index in [-0.39, 0.29) is 11.8 Å². The summed E-state index contributed by atoms with van der Waals surface area (Å²) in [5.41, 5.74) is 1.40. The molecule has 3 rings (SSSR count). The smallest absolute Gasteiger partial charge is 0.321 e. The minimum absolute atomic E-state index is 0.0825. The summed E-state index contributed by atoms with van der Waals surface area (Å²) in [7, 11) is 0. The van der Waals surface area contributed by atoms with Crippen LogP contribution in [0.4, 0.5) is 0 Å². The van der Waals surface area contributed by atoms with Crippen LogP contribution in [0.25, 0.3) is 5.57 Å². The van der Waals surface area contributed by atoms with Gasteiger partial charge in [-0.3, -0.25) is 9.59 Å². The van der Waals surface area contributed by atoms with Crippen molar-refractivity contribution in [3.63, 3.8) is 0 Å². The molecule has 0 heterocycles. The minimum atomic E-state index is -0.856. The average molecular weight is 282 g/mol. The summed E-state index contributed by atoms with van der Waals surface area (Å²) in [6, 6.07) is 7.83. The van der Waals surface area contributed by atoms with Gasteiger partial charge in [0, 0.05) is 0 Å². The Labute approximate surface area is 124 Å². The summed E-state index contributed by atoms with van der Waals surface area (Å²) < 4.78 is 5.61. The molecule has 1 atom stereocenters. The van der Waals surface area contributed by atoms with E-state index in [0.717, 1.165) is 16.7 Å². The Balaban J connectivity index is 2.10. The summed E-state index contributed by atoms with van der Waals surface area (Å²) in [5, 5.41) is 0. The summed E-state index contributed by atoms with van der Waals surface area (Å²) in [5.74, 6) is -0.373. The fourth-order valence-corrected chi connectivity index (χ4v) is 2.96. The highest BCUT2D eigenvalue weighted by Gasteiger charge is 2.49. The molecule has 1 unspecified atom stereocenters. The predicted octanol–water partition coefficient (Wildman–Crippen LogP) is 3.09. The number of carbonyl (C=O) groups is 2. The van der Waals surface area contributed by atoms with Gasteiger partial charge < -0.3 is 4.74 Å². The lowest BCUT2D eigenvalue weighted by Gasteiger charge is -2.31. The van der Waals surface area contributed by atoms with Gasteiger partial charge in [-0.1, -0.05) is 30.3 Å². The number of ether oxygens (including phenoxy) is 1. The highest BCUT2D eigenvalue weighted by atomic mass is 16.6. The molecule has 0 spiro atoms. The molecule has 0 N–H and O–H groups in total. The highest BCUT2D eigenvalue weighted by molar-refractivity contribution is 6.13. The molecule has 0 saturated carbocycles. The summed E-state index contributed by atoms with van der Waals surface area (Å²) in [4.78, 5) is 24.5. The van der Waals surface area contributed by atoms with Gasteiger partial charge in [0.25, 0.3) is 0 Å². The van der Waals surface area contributed by atoms with Gasteiger partial charge >= 0.3 is 5.97 Å². The van der Waals surface area contributed by atoms with Crippen molar-refractivity contribution in [2.75, 3.05) is 0 Å². The van der Waals surface area contributed by atoms with E-state index in [0.29, 0.717) is 6.42 Å². The van der Waals surface area contributed by atoms with Crippen molar-refractivity contribution in [3.8, 4) is 0 Å². The molecule has 1 aromatic carbocycles. The third-order valence-corrected chi connectivity index (χ3v) is 3.84. The van der Waals surface area contributed by atoms with Gasteiger partial charge in [0.1, 0.15) is 11.0 Å². The lowest BCUT2D eigenvalue weighted by Crippen LogP contribution is -2.37. The quantitative estimate of drug-likeness (QED) is 0.743. The van der Waals surface area contributed by atoms with Crippen LogP contribution in [0.1, 0.15) is 31.9 Å². The van der Waals surface area contributed by atoms with Gasteiger partial charge in [-0.15, -0.1) is 0 Å². The highest BCUT2D eigenvalue weighted by Crippen LogP contribution is 2.50. The number of ketones is 1. The van der Waals surface area contributed by atoms with Crippen LogP contribution >= 0.6 is 0 Å². The Hall–Kier alpha value is -2.16. The molecular weight excluding hydrogens is 264 g/mol.